The van der Waals surface area contributed by atoms with E-state index in [0.29, 0.717) is 11.3 Å². The van der Waals surface area contributed by atoms with Crippen molar-refractivity contribution in [1.82, 2.24) is 8.96 Å². The topological polar surface area (TPSA) is 166 Å². The maximum absolute atomic E-state index is 13.4. The summed E-state index contributed by atoms with van der Waals surface area (Å²) in [6.45, 7) is -1.02. The van der Waals surface area contributed by atoms with Gasteiger partial charge in [0.15, 0.2) is 29.9 Å². The minimum atomic E-state index is -4.21. The molecule has 0 saturated carbocycles. The minimum absolute atomic E-state index is 0.00209. The van der Waals surface area contributed by atoms with Gasteiger partial charge in [-0.15, -0.1) is 12.6 Å². The predicted octanol–water partition coefficient (Wildman–Crippen LogP) is 0.299. The van der Waals surface area contributed by atoms with Gasteiger partial charge in [-0.05, 0) is 24.3 Å². The Morgan fingerprint density at radius 1 is 1.03 bits per heavy atom. The molecular weight excluding hydrogens is 448 g/mol. The van der Waals surface area contributed by atoms with E-state index in [1.165, 1.54) is 25.3 Å². The Morgan fingerprint density at radius 3 is 2.29 bits per heavy atom. The molecule has 1 aromatic heterocycles. The molecule has 31 heavy (non-hydrogen) atoms. The molecule has 1 heterocycles. The molecule has 2 aromatic carbocycles. The van der Waals surface area contributed by atoms with E-state index >= 15 is 0 Å². The molecule has 2 amide bonds. The Labute approximate surface area is 182 Å². The second kappa shape index (κ2) is 8.73. The first-order chi connectivity index (χ1) is 14.6. The van der Waals surface area contributed by atoms with Crippen LogP contribution in [-0.4, -0.2) is 49.5 Å². The Hall–Kier alpha value is -3.45. The fourth-order valence-electron chi connectivity index (χ4n) is 2.67. The van der Waals surface area contributed by atoms with Crippen LogP contribution >= 0.6 is 12.6 Å². The van der Waals surface area contributed by atoms with Crippen LogP contribution in [0.2, 0.25) is 0 Å². The lowest BCUT2D eigenvalue weighted by atomic mass is 10.3. The summed E-state index contributed by atoms with van der Waals surface area (Å²) in [7, 11) is -2.76. The van der Waals surface area contributed by atoms with Crippen molar-refractivity contribution in [3.05, 3.63) is 36.4 Å². The molecule has 0 unspecified atom stereocenters. The summed E-state index contributed by atoms with van der Waals surface area (Å²) in [6.07, 6.45) is 0. The number of primary amides is 2. The summed E-state index contributed by atoms with van der Waals surface area (Å²) in [5, 5.41) is -0.0723. The Kier molecular flexibility index (Phi) is 6.27. The Morgan fingerprint density at radius 2 is 1.68 bits per heavy atom. The van der Waals surface area contributed by atoms with Crippen LogP contribution in [0.4, 0.5) is 0 Å². The number of aromatic nitrogens is 2. The molecule has 0 aliphatic heterocycles. The zero-order chi connectivity index (χ0) is 22.8. The van der Waals surface area contributed by atoms with E-state index in [0.717, 1.165) is 10.0 Å². The molecule has 11 nitrogen and oxygen atoms in total. The van der Waals surface area contributed by atoms with Crippen molar-refractivity contribution < 1.29 is 32.2 Å². The van der Waals surface area contributed by atoms with Crippen molar-refractivity contribution >= 4 is 45.5 Å². The van der Waals surface area contributed by atoms with Crippen LogP contribution in [0.15, 0.2) is 46.5 Å². The number of benzene rings is 2. The number of thiol groups is 1. The van der Waals surface area contributed by atoms with Gasteiger partial charge in [0.05, 0.1) is 23.0 Å². The number of hydrogen-bond donors (Lipinski definition) is 3. The first kappa shape index (κ1) is 22.2. The van der Waals surface area contributed by atoms with Crippen LogP contribution in [0.5, 0.6) is 17.2 Å². The summed E-state index contributed by atoms with van der Waals surface area (Å²) in [4.78, 5) is 26.0. The van der Waals surface area contributed by atoms with Crippen molar-refractivity contribution in [3.8, 4) is 17.2 Å². The number of imidazole rings is 1. The second-order valence-electron chi connectivity index (χ2n) is 6.15. The fraction of sp³-hybridized carbons (Fsp3) is 0.167. The van der Waals surface area contributed by atoms with Gasteiger partial charge in [-0.2, -0.15) is 0 Å². The molecule has 3 aromatic rings. The molecule has 0 aliphatic rings. The largest absolute Gasteiger partial charge is 0.497 e. The number of rotatable bonds is 9. The number of amides is 2. The lowest BCUT2D eigenvalue weighted by Gasteiger charge is -2.14. The summed E-state index contributed by atoms with van der Waals surface area (Å²) in [5.74, 6) is -1.24. The van der Waals surface area contributed by atoms with E-state index in [1.54, 1.807) is 12.1 Å². The van der Waals surface area contributed by atoms with Gasteiger partial charge in [-0.25, -0.2) is 17.4 Å². The van der Waals surface area contributed by atoms with Gasteiger partial charge in [-0.3, -0.25) is 9.59 Å². The highest BCUT2D eigenvalue weighted by Crippen LogP contribution is 2.33. The SMILES string of the molecule is COc1ccc2nc(S)n(S(=O)(=O)c3ccc(OCC(N)=O)c(OCC(N)=O)c3)c2c1. The van der Waals surface area contributed by atoms with Crippen LogP contribution in [0.25, 0.3) is 11.0 Å². The van der Waals surface area contributed by atoms with E-state index in [-0.39, 0.29) is 27.1 Å². The standard InChI is InChI=1S/C18H18N4O7S2/c1-27-10-2-4-12-13(6-10)22(18(30)21-12)31(25,26)11-3-5-14(28-8-16(19)23)15(7-11)29-9-17(20)24/h2-7H,8-9H2,1H3,(H2,19,23)(H2,20,24)(H,21,30). The summed E-state index contributed by atoms with van der Waals surface area (Å²) in [5.41, 5.74) is 10.8. The number of nitrogens with two attached hydrogens (primary N) is 2. The van der Waals surface area contributed by atoms with E-state index < -0.39 is 35.1 Å². The van der Waals surface area contributed by atoms with E-state index in [4.69, 9.17) is 25.7 Å². The fourth-order valence-corrected chi connectivity index (χ4v) is 4.58. The quantitative estimate of drug-likeness (QED) is 0.379. The average molecular weight is 466 g/mol. The van der Waals surface area contributed by atoms with Crippen molar-refractivity contribution in [2.24, 2.45) is 11.5 Å². The van der Waals surface area contributed by atoms with Gasteiger partial charge in [0.2, 0.25) is 0 Å². The van der Waals surface area contributed by atoms with E-state index in [1.807, 2.05) is 0 Å². The summed E-state index contributed by atoms with van der Waals surface area (Å²) >= 11 is 4.20. The molecule has 0 atom stereocenters. The van der Waals surface area contributed by atoms with Crippen LogP contribution in [0.1, 0.15) is 0 Å². The van der Waals surface area contributed by atoms with Gasteiger partial charge in [-0.1, -0.05) is 0 Å². The third-order valence-electron chi connectivity index (χ3n) is 4.00. The third-order valence-corrected chi connectivity index (χ3v) is 6.13. The molecule has 0 radical (unpaired) electrons. The van der Waals surface area contributed by atoms with Gasteiger partial charge >= 0.3 is 0 Å². The third kappa shape index (κ3) is 4.67. The number of ether oxygens (including phenoxy) is 3. The molecular formula is C18H18N4O7S2. The molecule has 0 aliphatic carbocycles. The monoisotopic (exact) mass is 466 g/mol. The number of carbonyl (C=O) groups is 2. The van der Waals surface area contributed by atoms with Gasteiger partial charge in [0, 0.05) is 12.1 Å². The second-order valence-corrected chi connectivity index (χ2v) is 8.34. The van der Waals surface area contributed by atoms with Gasteiger partial charge in [0.25, 0.3) is 21.8 Å². The number of methoxy groups -OCH3 is 1. The van der Waals surface area contributed by atoms with E-state index in [9.17, 15) is 18.0 Å². The van der Waals surface area contributed by atoms with Crippen LogP contribution in [0, 0.1) is 0 Å². The van der Waals surface area contributed by atoms with Crippen LogP contribution < -0.4 is 25.7 Å². The smallest absolute Gasteiger partial charge is 0.270 e. The number of carbonyl (C=O) groups excluding carboxylic acids is 2. The maximum atomic E-state index is 13.4. The Bertz CT molecular complexity index is 1270. The molecule has 4 N–H and O–H groups in total. The van der Waals surface area contributed by atoms with Crippen LogP contribution in [0.3, 0.4) is 0 Å². The number of fused-ring (bicyclic) bond motifs is 1. The minimum Gasteiger partial charge on any atom is -0.497 e. The zero-order valence-corrected chi connectivity index (χ0v) is 17.9. The Balaban J connectivity index is 2.11. The predicted molar refractivity (Wildman–Crippen MR) is 112 cm³/mol. The lowest BCUT2D eigenvalue weighted by molar-refractivity contribution is -0.121. The number of nitrogens with zero attached hydrogens (tertiary/aromatic N) is 2. The van der Waals surface area contributed by atoms with Gasteiger partial charge < -0.3 is 25.7 Å². The molecule has 13 heteroatoms. The van der Waals surface area contributed by atoms with Gasteiger partial charge in [0.1, 0.15) is 5.75 Å². The molecule has 3 rings (SSSR count). The van der Waals surface area contributed by atoms with Crippen molar-refractivity contribution in [1.29, 1.82) is 0 Å². The molecule has 164 valence electrons. The number of hydrogen-bond acceptors (Lipinski definition) is 9. The average Bonchev–Trinajstić information content (AvgIpc) is 3.06. The first-order valence-corrected chi connectivity index (χ1v) is 10.5. The van der Waals surface area contributed by atoms with E-state index in [2.05, 4.69) is 17.6 Å². The summed E-state index contributed by atoms with van der Waals surface area (Å²) in [6, 6.07) is 8.39. The highest BCUT2D eigenvalue weighted by atomic mass is 32.2. The zero-order valence-electron chi connectivity index (χ0n) is 16.1. The molecule has 0 fully saturated rings. The van der Waals surface area contributed by atoms with Crippen molar-refractivity contribution in [3.63, 3.8) is 0 Å². The highest BCUT2D eigenvalue weighted by molar-refractivity contribution is 7.90. The lowest BCUT2D eigenvalue weighted by Crippen LogP contribution is -2.22. The normalized spacial score (nSPS) is 11.3. The first-order valence-electron chi connectivity index (χ1n) is 8.60. The van der Waals surface area contributed by atoms with Crippen molar-refractivity contribution in [2.75, 3.05) is 20.3 Å². The molecule has 0 spiro atoms. The highest BCUT2D eigenvalue weighted by Gasteiger charge is 2.25. The van der Waals surface area contributed by atoms with Crippen molar-refractivity contribution in [2.45, 2.75) is 10.1 Å². The summed E-state index contributed by atoms with van der Waals surface area (Å²) < 4.78 is 43.3. The van der Waals surface area contributed by atoms with Crippen LogP contribution in [-0.2, 0) is 19.6 Å². The molecule has 0 bridgehead atoms. The molecule has 0 saturated heterocycles. The maximum Gasteiger partial charge on any atom is 0.270 e.